The number of hydrogen-bond donors (Lipinski definition) is 2. The maximum atomic E-state index is 12.2. The van der Waals surface area contributed by atoms with Crippen molar-refractivity contribution in [3.8, 4) is 0 Å². The zero-order valence-electron chi connectivity index (χ0n) is 14.4. The van der Waals surface area contributed by atoms with E-state index in [0.717, 1.165) is 12.8 Å². The lowest BCUT2D eigenvalue weighted by molar-refractivity contribution is -0.141. The van der Waals surface area contributed by atoms with Crippen LogP contribution in [0.3, 0.4) is 0 Å². The molecule has 0 saturated heterocycles. The Morgan fingerprint density at radius 3 is 2.14 bits per heavy atom. The van der Waals surface area contributed by atoms with E-state index >= 15 is 0 Å². The van der Waals surface area contributed by atoms with Gasteiger partial charge in [0.25, 0.3) is 0 Å². The van der Waals surface area contributed by atoms with Crippen LogP contribution in [0.4, 0.5) is 4.79 Å². The molecule has 1 fully saturated rings. The van der Waals surface area contributed by atoms with Crippen LogP contribution in [-0.2, 0) is 4.79 Å². The van der Waals surface area contributed by atoms with Crippen LogP contribution >= 0.6 is 0 Å². The van der Waals surface area contributed by atoms with Crippen molar-refractivity contribution in [2.75, 3.05) is 34.2 Å². The molecule has 0 bridgehead atoms. The second-order valence-electron chi connectivity index (χ2n) is 6.81. The third-order valence-electron chi connectivity index (χ3n) is 4.87. The Morgan fingerprint density at radius 1 is 1.14 bits per heavy atom. The average Bonchev–Trinajstić information content (AvgIpc) is 2.70. The van der Waals surface area contributed by atoms with Crippen LogP contribution in [0.15, 0.2) is 0 Å². The summed E-state index contributed by atoms with van der Waals surface area (Å²) in [5.74, 6) is -1.44. The van der Waals surface area contributed by atoms with Crippen molar-refractivity contribution in [3.63, 3.8) is 0 Å². The quantitative estimate of drug-likeness (QED) is 0.736. The largest absolute Gasteiger partial charge is 0.481 e. The Balaban J connectivity index is 2.57. The van der Waals surface area contributed by atoms with Gasteiger partial charge < -0.3 is 20.2 Å². The van der Waals surface area contributed by atoms with E-state index in [0.29, 0.717) is 6.54 Å². The minimum Gasteiger partial charge on any atom is -0.481 e. The van der Waals surface area contributed by atoms with Gasteiger partial charge in [-0.1, -0.05) is 32.6 Å². The molecule has 6 heteroatoms. The second kappa shape index (κ2) is 8.36. The Kier molecular flexibility index (Phi) is 7.13. The van der Waals surface area contributed by atoms with Gasteiger partial charge in [0.1, 0.15) is 0 Å². The molecule has 1 atom stereocenters. The number of amides is 2. The van der Waals surface area contributed by atoms with Gasteiger partial charge in [0.2, 0.25) is 0 Å². The summed E-state index contributed by atoms with van der Waals surface area (Å²) in [6.45, 7) is 2.44. The number of aliphatic carboxylic acids is 1. The lowest BCUT2D eigenvalue weighted by Gasteiger charge is -2.40. The number of carboxylic acids is 1. The summed E-state index contributed by atoms with van der Waals surface area (Å²) in [5.41, 5.74) is 0.0193. The standard InChI is InChI=1S/C16H31N3O3/c1-13(14(20)21)11-19(4)15(22)17-12-16(18(2)3)9-7-5-6-8-10-16/h13H,5-12H2,1-4H3,(H,17,22)(H,20,21). The molecule has 0 aromatic rings. The zero-order valence-corrected chi connectivity index (χ0v) is 14.4. The lowest BCUT2D eigenvalue weighted by Crippen LogP contribution is -2.54. The van der Waals surface area contributed by atoms with Gasteiger partial charge in [-0.2, -0.15) is 0 Å². The van der Waals surface area contributed by atoms with E-state index in [4.69, 9.17) is 5.11 Å². The molecule has 0 radical (unpaired) electrons. The zero-order chi connectivity index (χ0) is 16.8. The van der Waals surface area contributed by atoms with Crippen LogP contribution in [-0.4, -0.2) is 66.7 Å². The third kappa shape index (κ3) is 5.16. The van der Waals surface area contributed by atoms with Gasteiger partial charge in [0.15, 0.2) is 0 Å². The SMILES string of the molecule is CC(CN(C)C(=O)NCC1(N(C)C)CCCCCC1)C(=O)O. The molecule has 1 aliphatic carbocycles. The van der Waals surface area contributed by atoms with Crippen molar-refractivity contribution in [2.24, 2.45) is 5.92 Å². The first kappa shape index (κ1) is 18.7. The molecule has 22 heavy (non-hydrogen) atoms. The number of nitrogens with one attached hydrogen (secondary N) is 1. The fourth-order valence-electron chi connectivity index (χ4n) is 3.12. The van der Waals surface area contributed by atoms with Crippen molar-refractivity contribution in [3.05, 3.63) is 0 Å². The van der Waals surface area contributed by atoms with Crippen LogP contribution < -0.4 is 5.32 Å². The molecule has 2 N–H and O–H groups in total. The monoisotopic (exact) mass is 313 g/mol. The van der Waals surface area contributed by atoms with E-state index in [1.54, 1.807) is 14.0 Å². The molecule has 0 aliphatic heterocycles. The molecule has 1 saturated carbocycles. The predicted molar refractivity (Wildman–Crippen MR) is 86.9 cm³/mol. The molecule has 6 nitrogen and oxygen atoms in total. The number of nitrogens with zero attached hydrogens (tertiary/aromatic N) is 2. The normalized spacial score (nSPS) is 19.3. The van der Waals surface area contributed by atoms with E-state index in [-0.39, 0.29) is 18.1 Å². The Labute approximate surface area is 133 Å². The van der Waals surface area contributed by atoms with Gasteiger partial charge in [-0.15, -0.1) is 0 Å². The van der Waals surface area contributed by atoms with Crippen LogP contribution in [0.1, 0.15) is 45.4 Å². The number of carboxylic acid groups (broad SMARTS) is 1. The molecular formula is C16H31N3O3. The summed E-state index contributed by atoms with van der Waals surface area (Å²) in [4.78, 5) is 26.8. The van der Waals surface area contributed by atoms with E-state index in [1.807, 2.05) is 0 Å². The third-order valence-corrected chi connectivity index (χ3v) is 4.87. The van der Waals surface area contributed by atoms with Crippen molar-refractivity contribution in [1.82, 2.24) is 15.1 Å². The highest BCUT2D eigenvalue weighted by molar-refractivity contribution is 5.75. The maximum Gasteiger partial charge on any atom is 0.317 e. The van der Waals surface area contributed by atoms with Crippen molar-refractivity contribution < 1.29 is 14.7 Å². The minimum absolute atomic E-state index is 0.0193. The van der Waals surface area contributed by atoms with Crippen LogP contribution in [0.2, 0.25) is 0 Å². The van der Waals surface area contributed by atoms with Gasteiger partial charge in [-0.25, -0.2) is 4.79 Å². The smallest absolute Gasteiger partial charge is 0.317 e. The molecule has 128 valence electrons. The summed E-state index contributed by atoms with van der Waals surface area (Å²) in [6, 6.07) is -0.196. The predicted octanol–water partition coefficient (Wildman–Crippen LogP) is 2.00. The molecule has 1 rings (SSSR count). The number of rotatable bonds is 6. The highest BCUT2D eigenvalue weighted by Crippen LogP contribution is 2.30. The Bertz CT molecular complexity index is 377. The van der Waals surface area contributed by atoms with E-state index in [1.165, 1.54) is 30.6 Å². The first-order valence-corrected chi connectivity index (χ1v) is 8.18. The van der Waals surface area contributed by atoms with Gasteiger partial charge >= 0.3 is 12.0 Å². The van der Waals surface area contributed by atoms with E-state index in [9.17, 15) is 9.59 Å². The summed E-state index contributed by atoms with van der Waals surface area (Å²) in [7, 11) is 5.80. The number of urea groups is 1. The Morgan fingerprint density at radius 2 is 1.68 bits per heavy atom. The lowest BCUT2D eigenvalue weighted by atomic mass is 9.89. The highest BCUT2D eigenvalue weighted by atomic mass is 16.4. The number of hydrogen-bond acceptors (Lipinski definition) is 3. The molecule has 0 spiro atoms. The van der Waals surface area contributed by atoms with Gasteiger partial charge in [0.05, 0.1) is 5.92 Å². The minimum atomic E-state index is -0.881. The first-order valence-electron chi connectivity index (χ1n) is 8.18. The first-order chi connectivity index (χ1) is 10.3. The van der Waals surface area contributed by atoms with Crippen LogP contribution in [0.5, 0.6) is 0 Å². The van der Waals surface area contributed by atoms with Gasteiger partial charge in [-0.05, 0) is 26.9 Å². The Hall–Kier alpha value is -1.30. The molecule has 1 aliphatic rings. The summed E-state index contributed by atoms with van der Waals surface area (Å²) < 4.78 is 0. The number of carbonyl (C=O) groups is 2. The van der Waals surface area contributed by atoms with Crippen LogP contribution in [0.25, 0.3) is 0 Å². The van der Waals surface area contributed by atoms with Gasteiger partial charge in [0, 0.05) is 25.7 Å². The van der Waals surface area contributed by atoms with Gasteiger partial charge in [-0.3, -0.25) is 4.79 Å². The average molecular weight is 313 g/mol. The topological polar surface area (TPSA) is 72.9 Å². The molecule has 0 heterocycles. The van der Waals surface area contributed by atoms with Crippen molar-refractivity contribution in [1.29, 1.82) is 0 Å². The van der Waals surface area contributed by atoms with Crippen LogP contribution in [0, 0.1) is 5.92 Å². The van der Waals surface area contributed by atoms with Crippen molar-refractivity contribution >= 4 is 12.0 Å². The van der Waals surface area contributed by atoms with Crippen molar-refractivity contribution in [2.45, 2.75) is 51.0 Å². The molecule has 0 aromatic heterocycles. The maximum absolute atomic E-state index is 12.2. The highest BCUT2D eigenvalue weighted by Gasteiger charge is 2.33. The molecular weight excluding hydrogens is 282 g/mol. The summed E-state index contributed by atoms with van der Waals surface area (Å²) in [5, 5.41) is 11.9. The fraction of sp³-hybridized carbons (Fsp3) is 0.875. The summed E-state index contributed by atoms with van der Waals surface area (Å²) in [6.07, 6.45) is 7.10. The molecule has 1 unspecified atom stereocenters. The fourth-order valence-corrected chi connectivity index (χ4v) is 3.12. The molecule has 0 aromatic carbocycles. The van der Waals surface area contributed by atoms with E-state index < -0.39 is 11.9 Å². The number of likely N-dealkylation sites (N-methyl/N-ethyl adjacent to an activating group) is 1. The second-order valence-corrected chi connectivity index (χ2v) is 6.81. The summed E-state index contributed by atoms with van der Waals surface area (Å²) >= 11 is 0. The number of carbonyl (C=O) groups excluding carboxylic acids is 1. The molecule has 2 amide bonds. The van der Waals surface area contributed by atoms with E-state index in [2.05, 4.69) is 24.3 Å².